The van der Waals surface area contributed by atoms with Gasteiger partial charge in [0.05, 0.1) is 4.90 Å². The van der Waals surface area contributed by atoms with Crippen LogP contribution in [0.5, 0.6) is 0 Å². The highest BCUT2D eigenvalue weighted by Crippen LogP contribution is 2.22. The van der Waals surface area contributed by atoms with Crippen molar-refractivity contribution in [1.82, 2.24) is 15.2 Å². The van der Waals surface area contributed by atoms with Crippen LogP contribution in [0.25, 0.3) is 0 Å². The number of nitrogens with one attached hydrogen (secondary N) is 2. The lowest BCUT2D eigenvalue weighted by Crippen LogP contribution is -2.53. The highest BCUT2D eigenvalue weighted by molar-refractivity contribution is 7.89. The summed E-state index contributed by atoms with van der Waals surface area (Å²) >= 11 is 0. The molecule has 0 saturated carbocycles. The van der Waals surface area contributed by atoms with Gasteiger partial charge in [-0.05, 0) is 51.4 Å². The van der Waals surface area contributed by atoms with E-state index in [1.807, 2.05) is 18.1 Å². The zero-order chi connectivity index (χ0) is 15.5. The SMILES string of the molecule is CNCc1cccc(S(=O)(=O)NN2C(C)CCCC2C)c1. The highest BCUT2D eigenvalue weighted by atomic mass is 32.2. The van der Waals surface area contributed by atoms with Crippen LogP contribution in [0.1, 0.15) is 38.7 Å². The first-order valence-electron chi connectivity index (χ1n) is 7.48. The molecule has 0 bridgehead atoms. The summed E-state index contributed by atoms with van der Waals surface area (Å²) in [5, 5.41) is 4.91. The van der Waals surface area contributed by atoms with E-state index in [0.717, 1.165) is 24.8 Å². The van der Waals surface area contributed by atoms with E-state index in [1.54, 1.807) is 18.2 Å². The molecule has 21 heavy (non-hydrogen) atoms. The number of hydrogen-bond donors (Lipinski definition) is 2. The maximum absolute atomic E-state index is 12.6. The Morgan fingerprint density at radius 3 is 2.52 bits per heavy atom. The third kappa shape index (κ3) is 4.03. The van der Waals surface area contributed by atoms with Crippen LogP contribution in [0.3, 0.4) is 0 Å². The Morgan fingerprint density at radius 1 is 1.24 bits per heavy atom. The second-order valence-corrected chi connectivity index (χ2v) is 7.47. The molecule has 2 atom stereocenters. The smallest absolute Gasteiger partial charge is 0.253 e. The van der Waals surface area contributed by atoms with Gasteiger partial charge in [0.1, 0.15) is 0 Å². The lowest BCUT2D eigenvalue weighted by atomic mass is 10.0. The van der Waals surface area contributed by atoms with Crippen molar-refractivity contribution in [2.24, 2.45) is 0 Å². The number of hydrogen-bond acceptors (Lipinski definition) is 4. The van der Waals surface area contributed by atoms with Crippen molar-refractivity contribution in [3.63, 3.8) is 0 Å². The lowest BCUT2D eigenvalue weighted by molar-refractivity contribution is 0.0790. The summed E-state index contributed by atoms with van der Waals surface area (Å²) in [5.41, 5.74) is 0.958. The Morgan fingerprint density at radius 2 is 1.90 bits per heavy atom. The Bertz CT molecular complexity index is 564. The molecule has 2 N–H and O–H groups in total. The highest BCUT2D eigenvalue weighted by Gasteiger charge is 2.29. The molecule has 6 heteroatoms. The minimum Gasteiger partial charge on any atom is -0.316 e. The average molecular weight is 311 g/mol. The van der Waals surface area contributed by atoms with Crippen molar-refractivity contribution in [3.05, 3.63) is 29.8 Å². The summed E-state index contributed by atoms with van der Waals surface area (Å²) in [5.74, 6) is 0. The van der Waals surface area contributed by atoms with Crippen molar-refractivity contribution in [2.75, 3.05) is 7.05 Å². The van der Waals surface area contributed by atoms with E-state index in [4.69, 9.17) is 0 Å². The maximum atomic E-state index is 12.6. The van der Waals surface area contributed by atoms with E-state index in [2.05, 4.69) is 24.0 Å². The standard InChI is InChI=1S/C15H25N3O2S/c1-12-6-4-7-13(2)18(12)17-21(19,20)15-9-5-8-14(10-15)11-16-3/h5,8-10,12-13,16-17H,4,6-7,11H2,1-3H3. The van der Waals surface area contributed by atoms with Gasteiger partial charge in [-0.2, -0.15) is 0 Å². The molecule has 1 aromatic rings. The first-order valence-corrected chi connectivity index (χ1v) is 8.96. The van der Waals surface area contributed by atoms with Gasteiger partial charge < -0.3 is 5.32 Å². The Balaban J connectivity index is 2.19. The molecule has 1 aliphatic heterocycles. The zero-order valence-corrected chi connectivity index (χ0v) is 13.8. The predicted molar refractivity (Wildman–Crippen MR) is 84.1 cm³/mol. The largest absolute Gasteiger partial charge is 0.316 e. The van der Waals surface area contributed by atoms with Gasteiger partial charge in [-0.25, -0.2) is 13.4 Å². The quantitative estimate of drug-likeness (QED) is 0.871. The van der Waals surface area contributed by atoms with Gasteiger partial charge in [-0.1, -0.05) is 18.6 Å². The lowest BCUT2D eigenvalue weighted by Gasteiger charge is -2.38. The van der Waals surface area contributed by atoms with Gasteiger partial charge in [-0.3, -0.25) is 0 Å². The van der Waals surface area contributed by atoms with Gasteiger partial charge in [0, 0.05) is 18.6 Å². The van der Waals surface area contributed by atoms with E-state index in [-0.39, 0.29) is 12.1 Å². The summed E-state index contributed by atoms with van der Waals surface area (Å²) in [4.78, 5) is 3.09. The topological polar surface area (TPSA) is 61.4 Å². The average Bonchev–Trinajstić information content (AvgIpc) is 2.44. The second kappa shape index (κ2) is 6.87. The molecule has 0 radical (unpaired) electrons. The minimum absolute atomic E-state index is 0.226. The van der Waals surface area contributed by atoms with Crippen molar-refractivity contribution in [3.8, 4) is 0 Å². The monoisotopic (exact) mass is 311 g/mol. The Labute approximate surface area is 127 Å². The van der Waals surface area contributed by atoms with Crippen LogP contribution in [0.2, 0.25) is 0 Å². The summed E-state index contributed by atoms with van der Waals surface area (Å²) in [7, 11) is -1.67. The van der Waals surface area contributed by atoms with Gasteiger partial charge >= 0.3 is 0 Å². The van der Waals surface area contributed by atoms with Crippen molar-refractivity contribution in [1.29, 1.82) is 0 Å². The van der Waals surface area contributed by atoms with E-state index in [1.165, 1.54) is 0 Å². The summed E-state index contributed by atoms with van der Waals surface area (Å²) in [6.07, 6.45) is 3.19. The summed E-state index contributed by atoms with van der Waals surface area (Å²) in [6.45, 7) is 4.78. The van der Waals surface area contributed by atoms with Crippen LogP contribution >= 0.6 is 0 Å². The molecular formula is C15H25N3O2S. The van der Waals surface area contributed by atoms with E-state index >= 15 is 0 Å². The number of nitrogens with zero attached hydrogens (tertiary/aromatic N) is 1. The summed E-state index contributed by atoms with van der Waals surface area (Å²) < 4.78 is 25.1. The molecule has 1 saturated heterocycles. The summed E-state index contributed by atoms with van der Waals surface area (Å²) in [6, 6.07) is 7.51. The normalized spacial score (nSPS) is 24.1. The molecule has 0 amide bonds. The third-order valence-corrected chi connectivity index (χ3v) is 5.33. The molecule has 1 fully saturated rings. The number of piperidine rings is 1. The van der Waals surface area contributed by atoms with Crippen molar-refractivity contribution >= 4 is 10.0 Å². The molecule has 0 aromatic heterocycles. The van der Waals surface area contributed by atoms with E-state index in [9.17, 15) is 8.42 Å². The van der Waals surface area contributed by atoms with Gasteiger partial charge in [0.15, 0.2) is 0 Å². The number of rotatable bonds is 5. The number of benzene rings is 1. The van der Waals surface area contributed by atoms with Gasteiger partial charge in [0.25, 0.3) is 10.0 Å². The third-order valence-electron chi connectivity index (χ3n) is 4.01. The van der Waals surface area contributed by atoms with Crippen LogP contribution < -0.4 is 10.1 Å². The minimum atomic E-state index is -3.52. The zero-order valence-electron chi connectivity index (χ0n) is 13.0. The van der Waals surface area contributed by atoms with Crippen LogP contribution in [-0.2, 0) is 16.6 Å². The van der Waals surface area contributed by atoms with E-state index < -0.39 is 10.0 Å². The number of hydrazine groups is 1. The molecule has 1 heterocycles. The first kappa shape index (κ1) is 16.4. The molecule has 2 unspecified atom stereocenters. The molecule has 118 valence electrons. The van der Waals surface area contributed by atoms with Crippen molar-refractivity contribution in [2.45, 2.75) is 56.6 Å². The van der Waals surface area contributed by atoms with Crippen LogP contribution in [0.4, 0.5) is 0 Å². The Kier molecular flexibility index (Phi) is 5.37. The Hall–Kier alpha value is -0.950. The fourth-order valence-electron chi connectivity index (χ4n) is 2.82. The molecule has 0 spiro atoms. The molecule has 1 aliphatic rings. The second-order valence-electron chi connectivity index (χ2n) is 5.81. The number of sulfonamides is 1. The fraction of sp³-hybridized carbons (Fsp3) is 0.600. The van der Waals surface area contributed by atoms with Crippen molar-refractivity contribution < 1.29 is 8.42 Å². The van der Waals surface area contributed by atoms with Crippen LogP contribution in [0.15, 0.2) is 29.2 Å². The van der Waals surface area contributed by atoms with Crippen LogP contribution in [-0.4, -0.2) is 32.6 Å². The van der Waals surface area contributed by atoms with Gasteiger partial charge in [-0.15, -0.1) is 4.83 Å². The maximum Gasteiger partial charge on any atom is 0.253 e. The molecular weight excluding hydrogens is 286 g/mol. The molecule has 5 nitrogen and oxygen atoms in total. The molecule has 0 aliphatic carbocycles. The first-order chi connectivity index (χ1) is 9.94. The van der Waals surface area contributed by atoms with Crippen LogP contribution in [0, 0.1) is 0 Å². The van der Waals surface area contributed by atoms with E-state index in [0.29, 0.717) is 11.4 Å². The fourth-order valence-corrected chi connectivity index (χ4v) is 4.13. The predicted octanol–water partition coefficient (Wildman–Crippen LogP) is 1.86. The molecule has 1 aromatic carbocycles. The van der Waals surface area contributed by atoms with Gasteiger partial charge in [0.2, 0.25) is 0 Å². The molecule has 2 rings (SSSR count).